The van der Waals surface area contributed by atoms with Gasteiger partial charge < -0.3 is 30.1 Å². The first-order valence-electron chi connectivity index (χ1n) is 13.6. The second-order valence-electron chi connectivity index (χ2n) is 10.5. The highest BCUT2D eigenvalue weighted by molar-refractivity contribution is 8.00. The zero-order valence-corrected chi connectivity index (χ0v) is 24.7. The summed E-state index contributed by atoms with van der Waals surface area (Å²) in [5.74, 6) is -0.688. The summed E-state index contributed by atoms with van der Waals surface area (Å²) in [4.78, 5) is 41.3. The Bertz CT molecular complexity index is 1150. The Morgan fingerprint density at radius 1 is 1.12 bits per heavy atom. The molecule has 4 atom stereocenters. The number of aryl methyl sites for hydroxylation is 1. The lowest BCUT2D eigenvalue weighted by atomic mass is 9.97. The molecule has 3 rings (SSSR count). The summed E-state index contributed by atoms with van der Waals surface area (Å²) in [7, 11) is 0. The number of hydrogen-bond acceptors (Lipinski definition) is 7. The molecule has 9 nitrogen and oxygen atoms in total. The predicted molar refractivity (Wildman–Crippen MR) is 156 cm³/mol. The summed E-state index contributed by atoms with van der Waals surface area (Å²) in [6, 6.07) is 15.3. The van der Waals surface area contributed by atoms with E-state index < -0.39 is 41.0 Å². The SMILES string of the molecule is CCOCC(C)OC(=O)N[C@@H](Cc1ccccc1)[C@H](O)C(=O)N1CSC(C)(C)[C@H]1C(=O)NCc1ccccc1C. The van der Waals surface area contributed by atoms with Gasteiger partial charge in [0.05, 0.1) is 18.5 Å². The average molecular weight is 572 g/mol. The number of carbonyl (C=O) groups is 3. The van der Waals surface area contributed by atoms with Gasteiger partial charge in [-0.3, -0.25) is 9.59 Å². The van der Waals surface area contributed by atoms with Gasteiger partial charge in [0.15, 0.2) is 6.10 Å². The molecule has 0 radical (unpaired) electrons. The maximum Gasteiger partial charge on any atom is 0.407 e. The fourth-order valence-corrected chi connectivity index (χ4v) is 5.78. The molecule has 1 heterocycles. The third kappa shape index (κ3) is 8.46. The summed E-state index contributed by atoms with van der Waals surface area (Å²) < 4.78 is 10.1. The number of hydrogen-bond donors (Lipinski definition) is 3. The second kappa shape index (κ2) is 14.5. The van der Waals surface area contributed by atoms with Gasteiger partial charge in [0.25, 0.3) is 5.91 Å². The molecule has 0 aromatic heterocycles. The van der Waals surface area contributed by atoms with Crippen LogP contribution in [0.25, 0.3) is 0 Å². The van der Waals surface area contributed by atoms with Gasteiger partial charge in [-0.2, -0.15) is 0 Å². The molecule has 1 saturated heterocycles. The van der Waals surface area contributed by atoms with Crippen LogP contribution >= 0.6 is 11.8 Å². The van der Waals surface area contributed by atoms with Gasteiger partial charge in [0, 0.05) is 17.9 Å². The topological polar surface area (TPSA) is 117 Å². The molecule has 0 bridgehead atoms. The van der Waals surface area contributed by atoms with E-state index in [1.54, 1.807) is 6.92 Å². The molecule has 1 aliphatic rings. The highest BCUT2D eigenvalue weighted by Gasteiger charge is 2.49. The van der Waals surface area contributed by atoms with Crippen molar-refractivity contribution in [3.63, 3.8) is 0 Å². The minimum absolute atomic E-state index is 0.192. The molecular formula is C30H41N3O6S. The van der Waals surface area contributed by atoms with E-state index >= 15 is 0 Å². The van der Waals surface area contributed by atoms with Gasteiger partial charge in [-0.25, -0.2) is 4.79 Å². The Balaban J connectivity index is 1.76. The lowest BCUT2D eigenvalue weighted by molar-refractivity contribution is -0.147. The Morgan fingerprint density at radius 3 is 2.48 bits per heavy atom. The van der Waals surface area contributed by atoms with E-state index in [4.69, 9.17) is 9.47 Å². The quantitative estimate of drug-likeness (QED) is 0.357. The van der Waals surface area contributed by atoms with Crippen LogP contribution in [0.2, 0.25) is 0 Å². The number of ether oxygens (including phenoxy) is 2. The van der Waals surface area contributed by atoms with Crippen molar-refractivity contribution in [3.05, 3.63) is 71.3 Å². The fourth-order valence-electron chi connectivity index (χ4n) is 4.64. The lowest BCUT2D eigenvalue weighted by Gasteiger charge is -2.33. The van der Waals surface area contributed by atoms with Crippen molar-refractivity contribution in [1.82, 2.24) is 15.5 Å². The highest BCUT2D eigenvalue weighted by Crippen LogP contribution is 2.40. The van der Waals surface area contributed by atoms with Crippen LogP contribution in [-0.4, -0.2) is 76.0 Å². The van der Waals surface area contributed by atoms with Crippen LogP contribution in [0.5, 0.6) is 0 Å². The number of amides is 3. The first-order valence-corrected chi connectivity index (χ1v) is 14.6. The maximum absolute atomic E-state index is 13.7. The smallest absolute Gasteiger partial charge is 0.407 e. The van der Waals surface area contributed by atoms with E-state index in [2.05, 4.69) is 10.6 Å². The molecule has 1 aliphatic heterocycles. The van der Waals surface area contributed by atoms with Crippen LogP contribution in [0.4, 0.5) is 4.79 Å². The van der Waals surface area contributed by atoms with Crippen LogP contribution in [0.15, 0.2) is 54.6 Å². The van der Waals surface area contributed by atoms with E-state index in [1.807, 2.05) is 82.3 Å². The van der Waals surface area contributed by atoms with Crippen LogP contribution in [-0.2, 0) is 32.0 Å². The molecule has 1 fully saturated rings. The summed E-state index contributed by atoms with van der Waals surface area (Å²) in [6.07, 6.45) is -2.68. The second-order valence-corrected chi connectivity index (χ2v) is 12.1. The number of aliphatic hydroxyl groups excluding tert-OH is 1. The van der Waals surface area contributed by atoms with Gasteiger partial charge in [-0.05, 0) is 57.7 Å². The lowest BCUT2D eigenvalue weighted by Crippen LogP contribution is -2.58. The van der Waals surface area contributed by atoms with Crippen molar-refractivity contribution in [2.75, 3.05) is 19.1 Å². The summed E-state index contributed by atoms with van der Waals surface area (Å²) in [5.41, 5.74) is 2.87. The Hall–Kier alpha value is -3.08. The van der Waals surface area contributed by atoms with Gasteiger partial charge in [0.2, 0.25) is 5.91 Å². The van der Waals surface area contributed by atoms with Gasteiger partial charge in [0.1, 0.15) is 12.1 Å². The zero-order chi connectivity index (χ0) is 29.3. The Morgan fingerprint density at radius 2 is 1.80 bits per heavy atom. The van der Waals surface area contributed by atoms with E-state index in [0.717, 1.165) is 16.7 Å². The Kier molecular flexibility index (Phi) is 11.4. The number of nitrogens with zero attached hydrogens (tertiary/aromatic N) is 1. The number of aliphatic hydroxyl groups is 1. The largest absolute Gasteiger partial charge is 0.444 e. The molecule has 10 heteroatoms. The van der Waals surface area contributed by atoms with Gasteiger partial charge in [-0.15, -0.1) is 11.8 Å². The van der Waals surface area contributed by atoms with Crippen molar-refractivity contribution in [3.8, 4) is 0 Å². The summed E-state index contributed by atoms with van der Waals surface area (Å²) in [5, 5.41) is 17.0. The minimum Gasteiger partial charge on any atom is -0.444 e. The van der Waals surface area contributed by atoms with E-state index in [1.165, 1.54) is 16.7 Å². The van der Waals surface area contributed by atoms with E-state index in [9.17, 15) is 19.5 Å². The first-order chi connectivity index (χ1) is 19.0. The molecule has 0 spiro atoms. The van der Waals surface area contributed by atoms with E-state index in [-0.39, 0.29) is 24.8 Å². The van der Waals surface area contributed by atoms with Crippen LogP contribution in [0.3, 0.4) is 0 Å². The van der Waals surface area contributed by atoms with Crippen LogP contribution in [0.1, 0.15) is 44.4 Å². The Labute approximate surface area is 241 Å². The molecular weight excluding hydrogens is 530 g/mol. The molecule has 0 saturated carbocycles. The molecule has 3 amide bonds. The molecule has 218 valence electrons. The van der Waals surface area contributed by atoms with Gasteiger partial charge >= 0.3 is 6.09 Å². The van der Waals surface area contributed by atoms with E-state index in [0.29, 0.717) is 13.2 Å². The first kappa shape index (κ1) is 31.4. The van der Waals surface area contributed by atoms with Gasteiger partial charge in [-0.1, -0.05) is 54.6 Å². The molecule has 1 unspecified atom stereocenters. The number of nitrogens with one attached hydrogen (secondary N) is 2. The zero-order valence-electron chi connectivity index (χ0n) is 23.9. The van der Waals surface area contributed by atoms with Crippen molar-refractivity contribution in [1.29, 1.82) is 0 Å². The number of alkyl carbamates (subject to hydrolysis) is 1. The fraction of sp³-hybridized carbons (Fsp3) is 0.500. The number of benzene rings is 2. The molecule has 3 N–H and O–H groups in total. The molecule has 2 aromatic carbocycles. The number of rotatable bonds is 12. The average Bonchev–Trinajstić information content (AvgIpc) is 3.25. The monoisotopic (exact) mass is 571 g/mol. The number of thioether (sulfide) groups is 1. The predicted octanol–water partition coefficient (Wildman–Crippen LogP) is 3.41. The van der Waals surface area contributed by atoms with Crippen LogP contribution < -0.4 is 10.6 Å². The minimum atomic E-state index is -1.60. The van der Waals surface area contributed by atoms with Crippen molar-refractivity contribution in [2.24, 2.45) is 0 Å². The third-order valence-corrected chi connectivity index (χ3v) is 8.27. The molecule has 0 aliphatic carbocycles. The number of carbonyl (C=O) groups excluding carboxylic acids is 3. The third-order valence-electron chi connectivity index (χ3n) is 6.89. The summed E-state index contributed by atoms with van der Waals surface area (Å²) in [6.45, 7) is 10.4. The van der Waals surface area contributed by atoms with Crippen LogP contribution in [0, 0.1) is 6.92 Å². The summed E-state index contributed by atoms with van der Waals surface area (Å²) >= 11 is 1.47. The van der Waals surface area contributed by atoms with Crippen molar-refractivity contribution >= 4 is 29.7 Å². The van der Waals surface area contributed by atoms with Crippen molar-refractivity contribution < 1.29 is 29.0 Å². The molecule has 2 aromatic rings. The highest BCUT2D eigenvalue weighted by atomic mass is 32.2. The van der Waals surface area contributed by atoms with Crippen molar-refractivity contribution in [2.45, 2.75) is 76.6 Å². The normalized spacial score (nSPS) is 18.4. The standard InChI is InChI=1S/C30H41N3O6S/c1-6-38-18-21(3)39-29(37)32-24(16-22-13-8-7-9-14-22)25(34)28(36)33-19-40-30(4,5)26(33)27(35)31-17-23-15-11-10-12-20(23)2/h7-15,21,24-26,34H,6,16-19H2,1-5H3,(H,31,35)(H,32,37)/t21?,24-,25-,26+/m0/s1. The molecule has 40 heavy (non-hydrogen) atoms. The maximum atomic E-state index is 13.7.